The van der Waals surface area contributed by atoms with E-state index >= 15 is 0 Å². The maximum atomic E-state index is 8.87. The Bertz CT molecular complexity index is 6540. The van der Waals surface area contributed by atoms with Crippen LogP contribution in [0.15, 0.2) is 329 Å². The van der Waals surface area contributed by atoms with Crippen LogP contribution in [-0.2, 0) is 9.31 Å². The van der Waals surface area contributed by atoms with E-state index in [0.29, 0.717) is 11.1 Å². The van der Waals surface area contributed by atoms with Crippen molar-refractivity contribution in [3.05, 3.63) is 320 Å². The van der Waals surface area contributed by atoms with E-state index in [4.69, 9.17) is 31.9 Å². The third-order valence-electron chi connectivity index (χ3n) is 19.3. The molecule has 2 aromatic heterocycles. The highest BCUT2D eigenvalue weighted by atomic mass is 79.9. The largest absolute Gasteiger partial charge is 0.495 e. The van der Waals surface area contributed by atoms with Crippen molar-refractivity contribution < 1.29 is 31.9 Å². The fourth-order valence-electron chi connectivity index (χ4n) is 14.3. The van der Waals surface area contributed by atoms with Crippen LogP contribution in [-0.4, -0.2) is 18.3 Å². The molecule has 0 spiro atoms. The van der Waals surface area contributed by atoms with Gasteiger partial charge >= 0.3 is 7.12 Å². The maximum absolute atomic E-state index is 8.87. The fourth-order valence-corrected chi connectivity index (χ4v) is 14.8. The quantitative estimate of drug-likeness (QED) is 0.123. The van der Waals surface area contributed by atoms with Gasteiger partial charge in [0, 0.05) is 26.0 Å². The second kappa shape index (κ2) is 23.9. The molecule has 458 valence electrons. The summed E-state index contributed by atoms with van der Waals surface area (Å²) in [5.74, 6) is 0. The second-order valence-corrected chi connectivity index (χ2v) is 26.1. The van der Waals surface area contributed by atoms with Gasteiger partial charge in [-0.05, 0) is 184 Å². The zero-order valence-electron chi connectivity index (χ0n) is 62.8. The third-order valence-corrected chi connectivity index (χ3v) is 20.0. The van der Waals surface area contributed by atoms with Crippen molar-refractivity contribution >= 4 is 137 Å². The van der Waals surface area contributed by atoms with Crippen molar-refractivity contribution in [2.24, 2.45) is 0 Å². The van der Waals surface area contributed by atoms with Crippen LogP contribution in [0.1, 0.15) is 41.4 Å². The molecule has 0 N–H and O–H groups in total. The molecule has 0 radical (unpaired) electrons. The lowest BCUT2D eigenvalue weighted by atomic mass is 9.76. The number of furan rings is 2. The van der Waals surface area contributed by atoms with Crippen LogP contribution >= 0.6 is 15.9 Å². The van der Waals surface area contributed by atoms with Gasteiger partial charge in [0.1, 0.15) is 22.3 Å². The molecule has 0 amide bonds. The summed E-state index contributed by atoms with van der Waals surface area (Å²) in [6.45, 7) is 8.28. The lowest BCUT2D eigenvalue weighted by molar-refractivity contribution is 0.00578. The van der Waals surface area contributed by atoms with Gasteiger partial charge in [-0.15, -0.1) is 0 Å². The first-order chi connectivity index (χ1) is 51.2. The summed E-state index contributed by atoms with van der Waals surface area (Å²) in [6, 6.07) is 82.7. The predicted molar refractivity (Wildman–Crippen MR) is 410 cm³/mol. The molecule has 4 nitrogen and oxygen atoms in total. The molecular weight excluding hydrogens is 1240 g/mol. The van der Waals surface area contributed by atoms with Crippen LogP contribution in [0.2, 0.25) is 0 Å². The Balaban J connectivity index is 0.000000125. The molecule has 1 saturated heterocycles. The van der Waals surface area contributed by atoms with Crippen LogP contribution < -0.4 is 5.46 Å². The fraction of sp³-hybridized carbons (Fsp3) is 0.0667. The minimum absolute atomic E-state index is 0.196. The number of para-hydroxylation sites is 2. The predicted octanol–water partition coefficient (Wildman–Crippen LogP) is 25.2. The van der Waals surface area contributed by atoms with E-state index in [2.05, 4.69) is 141 Å². The third kappa shape index (κ3) is 9.89. The van der Waals surface area contributed by atoms with E-state index < -0.39 is 6.04 Å². The zero-order valence-corrected chi connectivity index (χ0v) is 54.4. The summed E-state index contributed by atoms with van der Waals surface area (Å²) in [4.78, 5) is 0. The van der Waals surface area contributed by atoms with Crippen molar-refractivity contribution in [1.29, 1.82) is 0 Å². The Kier molecular flexibility index (Phi) is 12.1. The highest BCUT2D eigenvalue weighted by molar-refractivity contribution is 9.10. The number of halogens is 1. The van der Waals surface area contributed by atoms with Gasteiger partial charge in [-0.1, -0.05) is 301 Å². The van der Waals surface area contributed by atoms with Gasteiger partial charge in [0.15, 0.2) is 0 Å². The van der Waals surface area contributed by atoms with Crippen molar-refractivity contribution in [1.82, 2.24) is 0 Å². The molecule has 0 aliphatic carbocycles. The van der Waals surface area contributed by atoms with E-state index in [-0.39, 0.29) is 83.8 Å². The first kappa shape index (κ1) is 48.8. The van der Waals surface area contributed by atoms with Crippen molar-refractivity contribution in [3.8, 4) is 55.6 Å². The molecule has 0 saturated carbocycles. The molecule has 0 atom stereocenters. The first-order valence-corrected chi connectivity index (χ1v) is 32.9. The molecule has 18 aromatic rings. The Morgan fingerprint density at radius 2 is 0.604 bits per heavy atom. The highest BCUT2D eigenvalue weighted by Gasteiger charge is 2.52. The summed E-state index contributed by atoms with van der Waals surface area (Å²) in [7, 11) is -0.380. The van der Waals surface area contributed by atoms with E-state index in [1.165, 1.54) is 0 Å². The van der Waals surface area contributed by atoms with Gasteiger partial charge in [-0.3, -0.25) is 0 Å². The monoisotopic (exact) mass is 1310 g/mol. The molecule has 19 rings (SSSR count). The number of fused-ring (bicyclic) bond motifs is 12. The second-order valence-electron chi connectivity index (χ2n) is 25.2. The standard InChI is InChI=1S/C42H26O.C30H19Br.C18H19BO3/c1-2-13-27(14-3-1)40-32-17-6-8-19-34(32)41(35-20-9-7-18-33(35)40)36-26-25-30(28-15-4-5-16-29(28)36)31-22-12-24-39-42(31)37-21-10-11-23-38(37)43-39;31-28-19-18-27(21-12-4-5-13-22(21)28)30-25-16-8-6-14-23(25)29(20-10-2-1-3-11-20)24-15-7-9-17-26(24)30;1-17(2)18(3,4)22-19(21-17)13-9-7-11-15-16(13)12-8-5-6-10-14(12)20-15/h1-26H;1-19H;5-11H,1-4H3/i1D,2D,3D,13D,14D;1D,2D,3D,10D,11D;. The molecule has 3 heterocycles. The first-order valence-electron chi connectivity index (χ1n) is 37.1. The molecule has 1 aliphatic heterocycles. The summed E-state index contributed by atoms with van der Waals surface area (Å²) in [6.07, 6.45) is 0. The SMILES string of the molecule is CC1(C)OB(c2cccc3oc4ccccc4c23)OC1(C)C.[2H]c1c([2H])c([2H])c(-c2c3ccccc3c(-c3ccc(-c4cccc5oc6ccccc6c45)c4ccccc34)c3ccccc23)c([2H])c1[2H].[2H]c1c([2H])c([2H])c(-c2c3ccccc3c(-c3ccc(Br)c4ccccc34)c3ccccc23)c([2H])c1[2H]. The van der Waals surface area contributed by atoms with Gasteiger partial charge in [0.25, 0.3) is 0 Å². The summed E-state index contributed by atoms with van der Waals surface area (Å²) < 4.78 is 110. The summed E-state index contributed by atoms with van der Waals surface area (Å²) in [5.41, 5.74) is 12.0. The zero-order chi connectivity index (χ0) is 73.4. The minimum Gasteiger partial charge on any atom is -0.456 e. The molecule has 0 unspecified atom stereocenters. The number of hydrogen-bond donors (Lipinski definition) is 0. The smallest absolute Gasteiger partial charge is 0.456 e. The molecule has 0 bridgehead atoms. The van der Waals surface area contributed by atoms with Crippen LogP contribution in [0.3, 0.4) is 0 Å². The minimum atomic E-state index is -0.398. The van der Waals surface area contributed by atoms with Gasteiger partial charge in [-0.2, -0.15) is 0 Å². The van der Waals surface area contributed by atoms with Crippen LogP contribution in [0.5, 0.6) is 0 Å². The Labute approximate surface area is 579 Å². The van der Waals surface area contributed by atoms with Crippen LogP contribution in [0, 0.1) is 0 Å². The molecule has 1 fully saturated rings. The topological polar surface area (TPSA) is 44.7 Å². The van der Waals surface area contributed by atoms with Gasteiger partial charge < -0.3 is 18.1 Å². The number of rotatable bonds is 6. The lowest BCUT2D eigenvalue weighted by Crippen LogP contribution is -2.41. The van der Waals surface area contributed by atoms with E-state index in [1.807, 2.05) is 158 Å². The number of benzene rings is 16. The molecule has 1 aliphatic rings. The van der Waals surface area contributed by atoms with Gasteiger partial charge in [0.2, 0.25) is 0 Å². The average Bonchev–Trinajstić information content (AvgIpc) is 1.07. The molecule has 96 heavy (non-hydrogen) atoms. The lowest BCUT2D eigenvalue weighted by Gasteiger charge is -2.32. The summed E-state index contributed by atoms with van der Waals surface area (Å²) in [5, 5.41) is 15.9. The van der Waals surface area contributed by atoms with Crippen molar-refractivity contribution in [2.45, 2.75) is 38.9 Å². The highest BCUT2D eigenvalue weighted by Crippen LogP contribution is 2.50. The Morgan fingerprint density at radius 3 is 1.06 bits per heavy atom. The van der Waals surface area contributed by atoms with Crippen molar-refractivity contribution in [3.63, 3.8) is 0 Å². The van der Waals surface area contributed by atoms with Crippen molar-refractivity contribution in [2.75, 3.05) is 0 Å². The maximum Gasteiger partial charge on any atom is 0.495 e. The molecule has 16 aromatic carbocycles. The van der Waals surface area contributed by atoms with E-state index in [9.17, 15) is 0 Å². The number of hydrogen-bond acceptors (Lipinski definition) is 4. The normalized spacial score (nSPS) is 15.0. The van der Waals surface area contributed by atoms with Crippen LogP contribution in [0.4, 0.5) is 0 Å². The van der Waals surface area contributed by atoms with Gasteiger partial charge in [0.05, 0.1) is 24.9 Å². The average molecular weight is 1310 g/mol. The van der Waals surface area contributed by atoms with E-state index in [0.717, 1.165) is 152 Å². The van der Waals surface area contributed by atoms with Gasteiger partial charge in [-0.25, -0.2) is 0 Å². The van der Waals surface area contributed by atoms with E-state index in [1.54, 1.807) is 0 Å². The van der Waals surface area contributed by atoms with Crippen LogP contribution in [0.25, 0.3) is 164 Å². The molecular formula is C90H64BBrO4. The summed E-state index contributed by atoms with van der Waals surface area (Å²) >= 11 is 3.69. The molecule has 6 heteroatoms. The Morgan fingerprint density at radius 1 is 0.281 bits per heavy atom. The Hall–Kier alpha value is -10.9.